The van der Waals surface area contributed by atoms with Crippen molar-refractivity contribution in [3.8, 4) is 5.75 Å². The summed E-state index contributed by atoms with van der Waals surface area (Å²) < 4.78 is 55.6. The Bertz CT molecular complexity index is 1420. The summed E-state index contributed by atoms with van der Waals surface area (Å²) in [5.74, 6) is -0.524. The van der Waals surface area contributed by atoms with Gasteiger partial charge in [-0.05, 0) is 48.5 Å². The molecular weight excluding hydrogens is 488 g/mol. The topological polar surface area (TPSA) is 188 Å². The Morgan fingerprint density at radius 3 is 2.09 bits per heavy atom. The van der Waals surface area contributed by atoms with Gasteiger partial charge in [-0.3, -0.25) is 19.6 Å². The summed E-state index contributed by atoms with van der Waals surface area (Å²) in [5, 5.41) is 18.3. The lowest BCUT2D eigenvalue weighted by atomic mass is 10.3. The summed E-state index contributed by atoms with van der Waals surface area (Å²) in [6.45, 7) is -0.479. The summed E-state index contributed by atoms with van der Waals surface area (Å²) in [5.41, 5.74) is 0.0901. The number of nitrogens with two attached hydrogens (primary N) is 1. The molecule has 4 N–H and O–H groups in total. The van der Waals surface area contributed by atoms with Crippen LogP contribution in [0.25, 0.3) is 0 Å². The molecule has 0 unspecified atom stereocenters. The van der Waals surface area contributed by atoms with Crippen LogP contribution in [-0.2, 0) is 24.8 Å². The molecule has 0 aliphatic heterocycles. The quantitative estimate of drug-likeness (QED) is 0.290. The number of sulfonamides is 2. The van der Waals surface area contributed by atoms with Crippen LogP contribution < -0.4 is 19.9 Å². The summed E-state index contributed by atoms with van der Waals surface area (Å²) >= 11 is 0. The van der Waals surface area contributed by atoms with E-state index in [-0.39, 0.29) is 26.9 Å². The van der Waals surface area contributed by atoms with Crippen molar-refractivity contribution >= 4 is 43.0 Å². The smallest absolute Gasteiger partial charge is 0.269 e. The number of ether oxygens (including phenoxy) is 1. The van der Waals surface area contributed by atoms with Crippen molar-refractivity contribution in [3.63, 3.8) is 0 Å². The van der Waals surface area contributed by atoms with E-state index in [0.29, 0.717) is 5.69 Å². The summed E-state index contributed by atoms with van der Waals surface area (Å²) in [6, 6.07) is 15.5. The molecule has 1 amide bonds. The molecular formula is C20H18N4O8S2. The number of rotatable bonds is 9. The van der Waals surface area contributed by atoms with Gasteiger partial charge in [0.25, 0.3) is 21.6 Å². The average molecular weight is 507 g/mol. The monoisotopic (exact) mass is 506 g/mol. The number of benzene rings is 3. The predicted molar refractivity (Wildman–Crippen MR) is 122 cm³/mol. The second-order valence-electron chi connectivity index (χ2n) is 6.76. The fourth-order valence-corrected chi connectivity index (χ4v) is 4.28. The molecule has 14 heteroatoms. The third kappa shape index (κ3) is 6.28. The predicted octanol–water partition coefficient (Wildman–Crippen LogP) is 2.06. The largest absolute Gasteiger partial charge is 0.482 e. The number of anilines is 2. The number of nitrogens with one attached hydrogen (secondary N) is 2. The highest BCUT2D eigenvalue weighted by atomic mass is 32.2. The molecule has 3 aromatic carbocycles. The molecule has 0 atom stereocenters. The van der Waals surface area contributed by atoms with Gasteiger partial charge in [-0.25, -0.2) is 22.0 Å². The lowest BCUT2D eigenvalue weighted by Gasteiger charge is -2.14. The number of primary sulfonamides is 1. The van der Waals surface area contributed by atoms with Crippen LogP contribution in [-0.4, -0.2) is 34.3 Å². The van der Waals surface area contributed by atoms with E-state index < -0.39 is 37.5 Å². The third-order valence-electron chi connectivity index (χ3n) is 4.31. The zero-order valence-corrected chi connectivity index (χ0v) is 18.9. The Morgan fingerprint density at radius 1 is 0.912 bits per heavy atom. The van der Waals surface area contributed by atoms with Gasteiger partial charge < -0.3 is 10.1 Å². The van der Waals surface area contributed by atoms with E-state index >= 15 is 0 Å². The molecule has 0 heterocycles. The third-order valence-corrected chi connectivity index (χ3v) is 6.63. The molecule has 0 bridgehead atoms. The molecule has 3 aromatic rings. The molecule has 0 aromatic heterocycles. The van der Waals surface area contributed by atoms with E-state index in [1.165, 1.54) is 36.4 Å². The Kier molecular flexibility index (Phi) is 7.14. The number of nitro benzene ring substituents is 1. The highest BCUT2D eigenvalue weighted by Crippen LogP contribution is 2.27. The Labute approximate surface area is 194 Å². The zero-order valence-electron chi connectivity index (χ0n) is 17.2. The minimum atomic E-state index is -4.09. The van der Waals surface area contributed by atoms with E-state index in [1.807, 2.05) is 0 Å². The van der Waals surface area contributed by atoms with Crippen molar-refractivity contribution in [1.82, 2.24) is 0 Å². The van der Waals surface area contributed by atoms with Crippen molar-refractivity contribution in [2.24, 2.45) is 5.14 Å². The van der Waals surface area contributed by atoms with Crippen LogP contribution in [0.3, 0.4) is 0 Å². The number of hydrogen-bond donors (Lipinski definition) is 3. The van der Waals surface area contributed by atoms with E-state index in [9.17, 15) is 31.7 Å². The number of para-hydroxylation sites is 2. The van der Waals surface area contributed by atoms with Gasteiger partial charge in [0, 0.05) is 17.8 Å². The van der Waals surface area contributed by atoms with E-state index in [1.54, 1.807) is 12.1 Å². The minimum absolute atomic E-state index is 0.0474. The normalized spacial score (nSPS) is 11.4. The van der Waals surface area contributed by atoms with E-state index in [2.05, 4.69) is 10.0 Å². The van der Waals surface area contributed by atoms with Gasteiger partial charge in [0.2, 0.25) is 10.0 Å². The lowest BCUT2D eigenvalue weighted by Crippen LogP contribution is -2.21. The molecule has 0 aliphatic rings. The first-order valence-corrected chi connectivity index (χ1v) is 12.4. The van der Waals surface area contributed by atoms with Gasteiger partial charge in [-0.1, -0.05) is 12.1 Å². The number of carbonyl (C=O) groups excluding carboxylic acids is 1. The summed E-state index contributed by atoms with van der Waals surface area (Å²) in [6.07, 6.45) is 0. The molecule has 3 rings (SSSR count). The molecule has 0 saturated carbocycles. The minimum Gasteiger partial charge on any atom is -0.482 e. The maximum atomic E-state index is 12.6. The summed E-state index contributed by atoms with van der Waals surface area (Å²) in [7, 11) is -7.96. The van der Waals surface area contributed by atoms with Crippen LogP contribution >= 0.6 is 0 Å². The summed E-state index contributed by atoms with van der Waals surface area (Å²) in [4.78, 5) is 22.0. The number of carbonyl (C=O) groups is 1. The molecule has 0 fully saturated rings. The average Bonchev–Trinajstić information content (AvgIpc) is 2.78. The first-order valence-electron chi connectivity index (χ1n) is 9.37. The van der Waals surface area contributed by atoms with Gasteiger partial charge in [0.1, 0.15) is 5.75 Å². The van der Waals surface area contributed by atoms with Crippen LogP contribution in [0, 0.1) is 10.1 Å². The van der Waals surface area contributed by atoms with E-state index in [4.69, 9.17) is 9.88 Å². The van der Waals surface area contributed by atoms with Crippen LogP contribution in [0.15, 0.2) is 82.6 Å². The fraction of sp³-hybridized carbons (Fsp3) is 0.0500. The van der Waals surface area contributed by atoms with Gasteiger partial charge in [-0.2, -0.15) is 0 Å². The lowest BCUT2D eigenvalue weighted by molar-refractivity contribution is -0.384. The molecule has 34 heavy (non-hydrogen) atoms. The SMILES string of the molecule is NS(=O)(=O)c1ccc(NC(=O)COc2ccccc2NS(=O)(=O)c2ccc([N+](=O)[O-])cc2)cc1. The fourth-order valence-electron chi connectivity index (χ4n) is 2.70. The number of hydrogen-bond acceptors (Lipinski definition) is 8. The Balaban J connectivity index is 1.67. The Hall–Kier alpha value is -4.01. The van der Waals surface area contributed by atoms with Gasteiger partial charge in [0.05, 0.1) is 20.4 Å². The maximum absolute atomic E-state index is 12.6. The van der Waals surface area contributed by atoms with Gasteiger partial charge in [0.15, 0.2) is 6.61 Å². The number of nitrogens with zero attached hydrogens (tertiary/aromatic N) is 1. The Morgan fingerprint density at radius 2 is 1.50 bits per heavy atom. The standard InChI is InChI=1S/C20H18N4O8S2/c21-33(28,29)16-9-5-14(6-10-16)22-20(25)13-32-19-4-2-1-3-18(19)23-34(30,31)17-11-7-15(8-12-17)24(26)27/h1-12,23H,13H2,(H,22,25)(H2,21,28,29). The van der Waals surface area contributed by atoms with Crippen LogP contribution in [0.1, 0.15) is 0 Å². The highest BCUT2D eigenvalue weighted by Gasteiger charge is 2.18. The van der Waals surface area contributed by atoms with Crippen molar-refractivity contribution in [3.05, 3.63) is 82.9 Å². The second-order valence-corrected chi connectivity index (χ2v) is 10.0. The molecule has 12 nitrogen and oxygen atoms in total. The molecule has 0 aliphatic carbocycles. The zero-order chi connectivity index (χ0) is 24.9. The molecule has 0 spiro atoms. The highest BCUT2D eigenvalue weighted by molar-refractivity contribution is 7.92. The number of non-ortho nitro benzene ring substituents is 1. The van der Waals surface area contributed by atoms with Crippen molar-refractivity contribution in [2.75, 3.05) is 16.6 Å². The van der Waals surface area contributed by atoms with Crippen molar-refractivity contribution in [1.29, 1.82) is 0 Å². The van der Waals surface area contributed by atoms with Crippen molar-refractivity contribution in [2.45, 2.75) is 9.79 Å². The van der Waals surface area contributed by atoms with E-state index in [0.717, 1.165) is 24.3 Å². The van der Waals surface area contributed by atoms with Crippen LogP contribution in [0.5, 0.6) is 5.75 Å². The maximum Gasteiger partial charge on any atom is 0.269 e. The molecule has 0 radical (unpaired) electrons. The van der Waals surface area contributed by atoms with Crippen LogP contribution in [0.4, 0.5) is 17.1 Å². The van der Waals surface area contributed by atoms with Crippen LogP contribution in [0.2, 0.25) is 0 Å². The first kappa shape index (κ1) is 24.6. The second kappa shape index (κ2) is 9.86. The first-order chi connectivity index (χ1) is 16.0. The molecule has 0 saturated heterocycles. The van der Waals surface area contributed by atoms with Gasteiger partial charge >= 0.3 is 0 Å². The number of amides is 1. The number of nitro groups is 1. The van der Waals surface area contributed by atoms with Crippen molar-refractivity contribution < 1.29 is 31.3 Å². The molecule has 178 valence electrons. The van der Waals surface area contributed by atoms with Gasteiger partial charge in [-0.15, -0.1) is 0 Å².